The predicted octanol–water partition coefficient (Wildman–Crippen LogP) is 2.69. The highest BCUT2D eigenvalue weighted by molar-refractivity contribution is 5.36. The molecule has 4 nitrogen and oxygen atoms in total. The Morgan fingerprint density at radius 2 is 2.25 bits per heavy atom. The van der Waals surface area contributed by atoms with Gasteiger partial charge in [-0.25, -0.2) is 0 Å². The molecule has 0 aliphatic heterocycles. The maximum atomic E-state index is 5.38. The molecule has 1 N–H and O–H groups in total. The molecule has 1 unspecified atom stereocenters. The van der Waals surface area contributed by atoms with Crippen LogP contribution in [0.4, 0.5) is 0 Å². The average molecular weight is 271 g/mol. The summed E-state index contributed by atoms with van der Waals surface area (Å²) in [4.78, 5) is 4.59. The number of fused-ring (bicyclic) bond motifs is 1. The monoisotopic (exact) mass is 271 g/mol. The zero-order chi connectivity index (χ0) is 13.8. The molecular formula is C16H21N3O. The number of rotatable bonds is 5. The van der Waals surface area contributed by atoms with Gasteiger partial charge in [-0.15, -0.1) is 0 Å². The Kier molecular flexibility index (Phi) is 4.11. The van der Waals surface area contributed by atoms with Gasteiger partial charge in [0.15, 0.2) is 5.82 Å². The summed E-state index contributed by atoms with van der Waals surface area (Å²) >= 11 is 0. The summed E-state index contributed by atoms with van der Waals surface area (Å²) in [5.74, 6) is 1.89. The highest BCUT2D eigenvalue weighted by atomic mass is 16.5. The van der Waals surface area contributed by atoms with Gasteiger partial charge in [0.25, 0.3) is 0 Å². The van der Waals surface area contributed by atoms with E-state index in [1.807, 2.05) is 0 Å². The molecule has 0 radical (unpaired) electrons. The Morgan fingerprint density at radius 3 is 3.15 bits per heavy atom. The van der Waals surface area contributed by atoms with Crippen LogP contribution in [-0.2, 0) is 12.8 Å². The van der Waals surface area contributed by atoms with Crippen LogP contribution in [0.1, 0.15) is 48.5 Å². The molecule has 1 aliphatic rings. The van der Waals surface area contributed by atoms with Gasteiger partial charge in [-0.3, -0.25) is 0 Å². The van der Waals surface area contributed by atoms with Crippen LogP contribution in [0.25, 0.3) is 0 Å². The highest BCUT2D eigenvalue weighted by Gasteiger charge is 2.25. The van der Waals surface area contributed by atoms with Crippen molar-refractivity contribution in [2.24, 2.45) is 0 Å². The minimum atomic E-state index is 0.302. The molecule has 106 valence electrons. The fourth-order valence-corrected chi connectivity index (χ4v) is 2.91. The van der Waals surface area contributed by atoms with E-state index in [0.29, 0.717) is 5.92 Å². The number of benzene rings is 1. The number of nitrogens with one attached hydrogen (secondary N) is 1. The Bertz CT molecular complexity index is 564. The Balaban J connectivity index is 1.77. The lowest BCUT2D eigenvalue weighted by Gasteiger charge is -2.22. The van der Waals surface area contributed by atoms with Crippen LogP contribution < -0.4 is 5.32 Å². The van der Waals surface area contributed by atoms with Gasteiger partial charge < -0.3 is 9.84 Å². The van der Waals surface area contributed by atoms with E-state index in [-0.39, 0.29) is 0 Å². The van der Waals surface area contributed by atoms with Crippen LogP contribution in [-0.4, -0.2) is 23.2 Å². The second-order valence-electron chi connectivity index (χ2n) is 5.29. The predicted molar refractivity (Wildman–Crippen MR) is 77.8 cm³/mol. The molecule has 1 aromatic carbocycles. The molecule has 4 heteroatoms. The van der Waals surface area contributed by atoms with E-state index < -0.39 is 0 Å². The van der Waals surface area contributed by atoms with Gasteiger partial charge in [0.2, 0.25) is 5.89 Å². The minimum Gasteiger partial charge on any atom is -0.339 e. The second-order valence-corrected chi connectivity index (χ2v) is 5.29. The Labute approximate surface area is 119 Å². The van der Waals surface area contributed by atoms with E-state index in [4.69, 9.17) is 4.52 Å². The summed E-state index contributed by atoms with van der Waals surface area (Å²) in [5, 5.41) is 7.48. The van der Waals surface area contributed by atoms with Gasteiger partial charge in [0.05, 0.1) is 0 Å². The van der Waals surface area contributed by atoms with Gasteiger partial charge in [-0.05, 0) is 36.9 Å². The highest BCUT2D eigenvalue weighted by Crippen LogP contribution is 2.35. The third-order valence-corrected chi connectivity index (χ3v) is 3.93. The first-order valence-electron chi connectivity index (χ1n) is 7.49. The zero-order valence-corrected chi connectivity index (χ0v) is 11.9. The van der Waals surface area contributed by atoms with E-state index in [9.17, 15) is 0 Å². The van der Waals surface area contributed by atoms with Crippen molar-refractivity contribution < 1.29 is 4.52 Å². The molecule has 0 fully saturated rings. The number of aryl methyl sites for hydroxylation is 1. The molecule has 0 saturated carbocycles. The summed E-state index contributed by atoms with van der Waals surface area (Å²) in [6.07, 6.45) is 4.28. The molecule has 0 bridgehead atoms. The van der Waals surface area contributed by atoms with Gasteiger partial charge >= 0.3 is 0 Å². The van der Waals surface area contributed by atoms with E-state index in [1.54, 1.807) is 0 Å². The fourth-order valence-electron chi connectivity index (χ4n) is 2.91. The first kappa shape index (κ1) is 13.3. The molecule has 0 spiro atoms. The minimum absolute atomic E-state index is 0.302. The van der Waals surface area contributed by atoms with Crippen LogP contribution >= 0.6 is 0 Å². The molecule has 1 atom stereocenters. The van der Waals surface area contributed by atoms with Crippen molar-refractivity contribution in [2.75, 3.05) is 13.1 Å². The number of likely N-dealkylation sites (N-methyl/N-ethyl adjacent to an activating group) is 1. The Morgan fingerprint density at radius 1 is 1.35 bits per heavy atom. The molecular weight excluding hydrogens is 250 g/mol. The lowest BCUT2D eigenvalue weighted by atomic mass is 9.82. The van der Waals surface area contributed by atoms with Crippen LogP contribution in [0.15, 0.2) is 28.8 Å². The van der Waals surface area contributed by atoms with Crippen LogP contribution in [0.5, 0.6) is 0 Å². The first-order valence-corrected chi connectivity index (χ1v) is 7.49. The van der Waals surface area contributed by atoms with E-state index in [2.05, 4.69) is 46.6 Å². The Hall–Kier alpha value is -1.68. The number of hydrogen-bond donors (Lipinski definition) is 1. The van der Waals surface area contributed by atoms with Crippen molar-refractivity contribution in [2.45, 2.75) is 38.5 Å². The smallest absolute Gasteiger partial charge is 0.227 e. The summed E-state index contributed by atoms with van der Waals surface area (Å²) < 4.78 is 5.38. The summed E-state index contributed by atoms with van der Waals surface area (Å²) in [5.41, 5.74) is 2.81. The molecule has 3 rings (SSSR count). The molecule has 1 aromatic heterocycles. The molecule has 0 amide bonds. The third kappa shape index (κ3) is 2.75. The molecule has 2 aromatic rings. The quantitative estimate of drug-likeness (QED) is 0.849. The van der Waals surface area contributed by atoms with Gasteiger partial charge in [-0.2, -0.15) is 4.98 Å². The fraction of sp³-hybridized carbons (Fsp3) is 0.500. The van der Waals surface area contributed by atoms with E-state index in [1.165, 1.54) is 17.5 Å². The molecule has 1 aliphatic carbocycles. The van der Waals surface area contributed by atoms with Crippen molar-refractivity contribution in [3.8, 4) is 0 Å². The first-order chi connectivity index (χ1) is 9.88. The standard InChI is InChI=1S/C16H21N3O/c1-2-17-11-10-15-18-16(19-20-15)14-9-5-7-12-6-3-4-8-13(12)14/h3-4,6,8,14,17H,2,5,7,9-11H2,1H3. The summed E-state index contributed by atoms with van der Waals surface area (Å²) in [6.45, 7) is 3.95. The zero-order valence-electron chi connectivity index (χ0n) is 11.9. The number of aromatic nitrogens is 2. The van der Waals surface area contributed by atoms with Crippen LogP contribution in [0.2, 0.25) is 0 Å². The largest absolute Gasteiger partial charge is 0.339 e. The van der Waals surface area contributed by atoms with E-state index >= 15 is 0 Å². The second kappa shape index (κ2) is 6.18. The van der Waals surface area contributed by atoms with Crippen molar-refractivity contribution >= 4 is 0 Å². The van der Waals surface area contributed by atoms with Crippen LogP contribution in [0.3, 0.4) is 0 Å². The number of nitrogens with zero attached hydrogens (tertiary/aromatic N) is 2. The molecule has 1 heterocycles. The SMILES string of the molecule is CCNCCc1nc(C2CCCc3ccccc32)no1. The maximum absolute atomic E-state index is 5.38. The van der Waals surface area contributed by atoms with Crippen LogP contribution in [0, 0.1) is 0 Å². The van der Waals surface area contributed by atoms with Crippen molar-refractivity contribution in [3.63, 3.8) is 0 Å². The van der Waals surface area contributed by atoms with Crippen molar-refractivity contribution in [3.05, 3.63) is 47.1 Å². The van der Waals surface area contributed by atoms with E-state index in [0.717, 1.165) is 44.1 Å². The van der Waals surface area contributed by atoms with Gasteiger partial charge in [0.1, 0.15) is 0 Å². The lowest BCUT2D eigenvalue weighted by Crippen LogP contribution is -2.16. The van der Waals surface area contributed by atoms with Crippen molar-refractivity contribution in [1.82, 2.24) is 15.5 Å². The maximum Gasteiger partial charge on any atom is 0.227 e. The van der Waals surface area contributed by atoms with Gasteiger partial charge in [0, 0.05) is 18.9 Å². The third-order valence-electron chi connectivity index (χ3n) is 3.93. The summed E-state index contributed by atoms with van der Waals surface area (Å²) in [6, 6.07) is 8.63. The normalized spacial score (nSPS) is 17.9. The average Bonchev–Trinajstić information content (AvgIpc) is 2.96. The lowest BCUT2D eigenvalue weighted by molar-refractivity contribution is 0.368. The summed E-state index contributed by atoms with van der Waals surface area (Å²) in [7, 11) is 0. The van der Waals surface area contributed by atoms with Crippen molar-refractivity contribution in [1.29, 1.82) is 0 Å². The topological polar surface area (TPSA) is 51.0 Å². The number of hydrogen-bond acceptors (Lipinski definition) is 4. The molecule has 20 heavy (non-hydrogen) atoms. The van der Waals surface area contributed by atoms with Gasteiger partial charge in [-0.1, -0.05) is 36.3 Å². The molecule has 0 saturated heterocycles.